The van der Waals surface area contributed by atoms with Crippen LogP contribution in [0.5, 0.6) is 0 Å². The third-order valence-corrected chi connectivity index (χ3v) is 4.38. The first-order valence-electron chi connectivity index (χ1n) is 7.49. The molecule has 0 N–H and O–H groups in total. The molecule has 122 valence electrons. The van der Waals surface area contributed by atoms with E-state index in [1.54, 1.807) is 47.4 Å². The van der Waals surface area contributed by atoms with Crippen molar-refractivity contribution < 1.29 is 9.18 Å². The van der Waals surface area contributed by atoms with Gasteiger partial charge in [-0.3, -0.25) is 9.78 Å². The molecule has 0 bridgehead atoms. The van der Waals surface area contributed by atoms with E-state index in [0.29, 0.717) is 26.9 Å². The van der Waals surface area contributed by atoms with E-state index in [9.17, 15) is 9.18 Å². The SMILES string of the molecule is O=Cc1cc(-c2cccnc2)c2nc(-c3ccc(Br)cc3F)cn2c1. The van der Waals surface area contributed by atoms with E-state index in [4.69, 9.17) is 0 Å². The van der Waals surface area contributed by atoms with Crippen molar-refractivity contribution in [2.24, 2.45) is 0 Å². The minimum absolute atomic E-state index is 0.365. The molecule has 6 heteroatoms. The molecule has 25 heavy (non-hydrogen) atoms. The lowest BCUT2D eigenvalue weighted by molar-refractivity contribution is 0.112. The number of benzene rings is 1. The molecule has 0 unspecified atom stereocenters. The Labute approximate surface area is 151 Å². The fraction of sp³-hybridized carbons (Fsp3) is 0. The number of imidazole rings is 1. The summed E-state index contributed by atoms with van der Waals surface area (Å²) in [5, 5.41) is 0. The highest BCUT2D eigenvalue weighted by molar-refractivity contribution is 9.10. The molecule has 4 nitrogen and oxygen atoms in total. The van der Waals surface area contributed by atoms with E-state index in [-0.39, 0.29) is 5.82 Å². The Bertz CT molecular complexity index is 1090. The maximum absolute atomic E-state index is 14.3. The van der Waals surface area contributed by atoms with Crippen LogP contribution in [0.25, 0.3) is 28.0 Å². The lowest BCUT2D eigenvalue weighted by Crippen LogP contribution is -1.92. The summed E-state index contributed by atoms with van der Waals surface area (Å²) in [7, 11) is 0. The molecule has 0 aliphatic carbocycles. The fourth-order valence-corrected chi connectivity index (χ4v) is 3.08. The molecule has 0 aliphatic heterocycles. The van der Waals surface area contributed by atoms with Crippen molar-refractivity contribution in [1.82, 2.24) is 14.4 Å². The molecule has 3 aromatic heterocycles. The lowest BCUT2D eigenvalue weighted by Gasteiger charge is -2.04. The Morgan fingerprint density at radius 3 is 2.72 bits per heavy atom. The molecule has 0 radical (unpaired) electrons. The number of halogens is 2. The number of carbonyl (C=O) groups excluding carboxylic acids is 1. The van der Waals surface area contributed by atoms with Gasteiger partial charge in [0.1, 0.15) is 11.5 Å². The minimum Gasteiger partial charge on any atom is -0.305 e. The number of pyridine rings is 2. The summed E-state index contributed by atoms with van der Waals surface area (Å²) in [4.78, 5) is 20.0. The zero-order valence-corrected chi connectivity index (χ0v) is 14.4. The van der Waals surface area contributed by atoms with Gasteiger partial charge in [-0.15, -0.1) is 0 Å². The van der Waals surface area contributed by atoms with Gasteiger partial charge in [0, 0.05) is 51.5 Å². The molecule has 3 heterocycles. The van der Waals surface area contributed by atoms with E-state index in [1.807, 2.05) is 12.1 Å². The average molecular weight is 396 g/mol. The van der Waals surface area contributed by atoms with E-state index in [0.717, 1.165) is 17.4 Å². The average Bonchev–Trinajstić information content (AvgIpc) is 3.05. The monoisotopic (exact) mass is 395 g/mol. The third-order valence-electron chi connectivity index (χ3n) is 3.89. The number of hydrogen-bond donors (Lipinski definition) is 0. The van der Waals surface area contributed by atoms with Crippen molar-refractivity contribution in [3.05, 3.63) is 77.0 Å². The molecule has 4 rings (SSSR count). The Morgan fingerprint density at radius 2 is 2.00 bits per heavy atom. The molecule has 4 aromatic rings. The number of nitrogens with zero attached hydrogens (tertiary/aromatic N) is 3. The van der Waals surface area contributed by atoms with Crippen molar-refractivity contribution in [2.45, 2.75) is 0 Å². The standard InChI is InChI=1S/C19H11BrFN3O/c20-14-3-4-15(17(21)7-14)18-10-24-9-12(11-25)6-16(19(24)23-18)13-2-1-5-22-8-13/h1-11H. The minimum atomic E-state index is -0.365. The van der Waals surface area contributed by atoms with Crippen molar-refractivity contribution in [1.29, 1.82) is 0 Å². The fourth-order valence-electron chi connectivity index (χ4n) is 2.75. The normalized spacial score (nSPS) is 11.0. The smallest absolute Gasteiger partial charge is 0.151 e. The highest BCUT2D eigenvalue weighted by Crippen LogP contribution is 2.29. The van der Waals surface area contributed by atoms with Gasteiger partial charge < -0.3 is 4.40 Å². The largest absolute Gasteiger partial charge is 0.305 e. The molecule has 0 aliphatic rings. The van der Waals surface area contributed by atoms with Crippen LogP contribution >= 0.6 is 15.9 Å². The van der Waals surface area contributed by atoms with Crippen LogP contribution in [0.4, 0.5) is 4.39 Å². The second kappa shape index (κ2) is 6.22. The van der Waals surface area contributed by atoms with Crippen molar-refractivity contribution in [3.8, 4) is 22.4 Å². The number of hydrogen-bond acceptors (Lipinski definition) is 3. The van der Waals surface area contributed by atoms with Crippen LogP contribution in [0.2, 0.25) is 0 Å². The van der Waals surface area contributed by atoms with Crippen molar-refractivity contribution in [2.75, 3.05) is 0 Å². The first-order valence-corrected chi connectivity index (χ1v) is 8.29. The number of fused-ring (bicyclic) bond motifs is 1. The molecule has 0 fully saturated rings. The summed E-state index contributed by atoms with van der Waals surface area (Å²) in [5.41, 5.74) is 3.64. The van der Waals surface area contributed by atoms with E-state index >= 15 is 0 Å². The van der Waals surface area contributed by atoms with Gasteiger partial charge in [0.05, 0.1) is 5.69 Å². The lowest BCUT2D eigenvalue weighted by atomic mass is 10.1. The van der Waals surface area contributed by atoms with Crippen molar-refractivity contribution in [3.63, 3.8) is 0 Å². The maximum Gasteiger partial charge on any atom is 0.151 e. The molecular formula is C19H11BrFN3O. The van der Waals surface area contributed by atoms with Gasteiger partial charge >= 0.3 is 0 Å². The summed E-state index contributed by atoms with van der Waals surface area (Å²) >= 11 is 3.25. The van der Waals surface area contributed by atoms with Gasteiger partial charge in [-0.1, -0.05) is 22.0 Å². The molecule has 0 saturated carbocycles. The molecular weight excluding hydrogens is 385 g/mol. The van der Waals surface area contributed by atoms with Gasteiger partial charge in [0.25, 0.3) is 0 Å². The first-order chi connectivity index (χ1) is 12.2. The van der Waals surface area contributed by atoms with Crippen molar-refractivity contribution >= 4 is 27.9 Å². The Morgan fingerprint density at radius 1 is 1.12 bits per heavy atom. The second-order valence-corrected chi connectivity index (χ2v) is 6.44. The molecule has 0 saturated heterocycles. The molecule has 0 spiro atoms. The van der Waals surface area contributed by atoms with Crippen LogP contribution in [-0.2, 0) is 0 Å². The van der Waals surface area contributed by atoms with Crippen LogP contribution < -0.4 is 0 Å². The van der Waals surface area contributed by atoms with Crippen LogP contribution in [0.3, 0.4) is 0 Å². The summed E-state index contributed by atoms with van der Waals surface area (Å²) < 4.78 is 16.7. The summed E-state index contributed by atoms with van der Waals surface area (Å²) in [5.74, 6) is -0.365. The van der Waals surface area contributed by atoms with E-state index < -0.39 is 0 Å². The van der Waals surface area contributed by atoms with Crippen LogP contribution in [0.15, 0.2) is 65.7 Å². The van der Waals surface area contributed by atoms with Gasteiger partial charge in [-0.25, -0.2) is 9.37 Å². The van der Waals surface area contributed by atoms with Crippen LogP contribution in [-0.4, -0.2) is 20.7 Å². The predicted molar refractivity (Wildman–Crippen MR) is 96.9 cm³/mol. The number of aromatic nitrogens is 3. The summed E-state index contributed by atoms with van der Waals surface area (Å²) in [6.45, 7) is 0. The first kappa shape index (κ1) is 15.7. The zero-order valence-electron chi connectivity index (χ0n) is 12.9. The van der Waals surface area contributed by atoms with Gasteiger partial charge in [0.2, 0.25) is 0 Å². The number of rotatable bonds is 3. The van der Waals surface area contributed by atoms with Gasteiger partial charge in [-0.05, 0) is 30.3 Å². The highest BCUT2D eigenvalue weighted by Gasteiger charge is 2.14. The highest BCUT2D eigenvalue weighted by atomic mass is 79.9. The number of carbonyl (C=O) groups is 1. The Balaban J connectivity index is 1.97. The topological polar surface area (TPSA) is 47.3 Å². The van der Waals surface area contributed by atoms with E-state index in [1.165, 1.54) is 6.07 Å². The number of aldehydes is 1. The Hall–Kier alpha value is -2.86. The quantitative estimate of drug-likeness (QED) is 0.469. The van der Waals surface area contributed by atoms with Gasteiger partial charge in [0.15, 0.2) is 6.29 Å². The molecule has 0 atom stereocenters. The van der Waals surface area contributed by atoms with Crippen LogP contribution in [0, 0.1) is 5.82 Å². The third kappa shape index (κ3) is 2.85. The molecule has 1 aromatic carbocycles. The van der Waals surface area contributed by atoms with Crippen LogP contribution in [0.1, 0.15) is 10.4 Å². The van der Waals surface area contributed by atoms with E-state index in [2.05, 4.69) is 25.9 Å². The zero-order chi connectivity index (χ0) is 17.4. The Kier molecular flexibility index (Phi) is 3.89. The summed E-state index contributed by atoms with van der Waals surface area (Å²) in [6, 6.07) is 10.3. The predicted octanol–water partition coefficient (Wildman–Crippen LogP) is 4.78. The second-order valence-electron chi connectivity index (χ2n) is 5.53. The maximum atomic E-state index is 14.3. The summed E-state index contributed by atoms with van der Waals surface area (Å²) in [6.07, 6.45) is 7.56. The van der Waals surface area contributed by atoms with Gasteiger partial charge in [-0.2, -0.15) is 0 Å². The molecule has 0 amide bonds.